The van der Waals surface area contributed by atoms with Crippen molar-refractivity contribution >= 4 is 5.91 Å². The summed E-state index contributed by atoms with van der Waals surface area (Å²) >= 11 is 0. The van der Waals surface area contributed by atoms with Gasteiger partial charge in [-0.3, -0.25) is 10.0 Å². The van der Waals surface area contributed by atoms with Gasteiger partial charge in [-0.25, -0.2) is 5.48 Å². The molecular weight excluding hydrogens is 267 g/mol. The van der Waals surface area contributed by atoms with Gasteiger partial charge in [-0.15, -0.1) is 0 Å². The summed E-state index contributed by atoms with van der Waals surface area (Å²) in [6, 6.07) is 5.25. The number of amides is 1. The van der Waals surface area contributed by atoms with Crippen LogP contribution >= 0.6 is 0 Å². The number of carbonyl (C=O) groups excluding carboxylic acids is 1. The molecule has 0 saturated carbocycles. The second-order valence-electron chi connectivity index (χ2n) is 3.44. The minimum Gasteiger partial charge on any atom is -0.329 e. The first kappa shape index (κ1) is 13.0. The van der Waals surface area contributed by atoms with E-state index in [1.165, 1.54) is 29.7 Å². The van der Waals surface area contributed by atoms with Crippen LogP contribution in [0.3, 0.4) is 0 Å². The predicted molar refractivity (Wildman–Crippen MR) is 54.0 cm³/mol. The number of carbonyl (C=O) groups is 1. The Bertz CT molecular complexity index is 592. The lowest BCUT2D eigenvalue weighted by atomic mass is 10.1. The number of hydrogen-bond acceptors (Lipinski definition) is 5. The Hall–Kier alpha value is -2.42. The highest BCUT2D eigenvalue weighted by Crippen LogP contribution is 2.29. The van der Waals surface area contributed by atoms with E-state index < -0.39 is 18.0 Å². The number of alkyl halides is 3. The van der Waals surface area contributed by atoms with Crippen molar-refractivity contribution in [2.45, 2.75) is 6.18 Å². The highest BCUT2D eigenvalue weighted by Gasteiger charge is 2.38. The van der Waals surface area contributed by atoms with Gasteiger partial charge in [-0.2, -0.15) is 18.2 Å². The first-order chi connectivity index (χ1) is 8.91. The molecule has 0 atom stereocenters. The molecule has 0 saturated heterocycles. The Labute approximate surface area is 103 Å². The molecule has 1 aromatic carbocycles. The van der Waals surface area contributed by atoms with Crippen LogP contribution in [0.15, 0.2) is 28.8 Å². The Morgan fingerprint density at radius 1 is 1.26 bits per heavy atom. The zero-order valence-corrected chi connectivity index (χ0v) is 9.10. The fraction of sp³-hybridized carbons (Fsp3) is 0.100. The lowest BCUT2D eigenvalue weighted by Gasteiger charge is -1.99. The number of rotatable bonds is 2. The van der Waals surface area contributed by atoms with Crippen LogP contribution in [0.4, 0.5) is 13.2 Å². The third-order valence-electron chi connectivity index (χ3n) is 2.18. The monoisotopic (exact) mass is 273 g/mol. The van der Waals surface area contributed by atoms with Gasteiger partial charge in [-0.05, 0) is 12.1 Å². The largest absolute Gasteiger partial charge is 0.471 e. The van der Waals surface area contributed by atoms with Crippen molar-refractivity contribution in [2.24, 2.45) is 0 Å². The molecule has 1 amide bonds. The van der Waals surface area contributed by atoms with Crippen LogP contribution in [0.5, 0.6) is 0 Å². The van der Waals surface area contributed by atoms with E-state index in [-0.39, 0.29) is 17.0 Å². The summed E-state index contributed by atoms with van der Waals surface area (Å²) in [5.41, 5.74) is 1.80. The molecule has 0 radical (unpaired) electrons. The quantitative estimate of drug-likeness (QED) is 0.644. The van der Waals surface area contributed by atoms with Gasteiger partial charge >= 0.3 is 12.1 Å². The van der Waals surface area contributed by atoms with Crippen LogP contribution in [0.1, 0.15) is 16.2 Å². The zero-order chi connectivity index (χ0) is 14.0. The molecule has 6 nitrogen and oxygen atoms in total. The standard InChI is InChI=1S/C10H6F3N3O3/c11-10(12,13)9-14-7(16-19-9)5-1-3-6(4-2-5)8(17)15-18/h1-4,18H,(H,15,17). The van der Waals surface area contributed by atoms with E-state index in [1.807, 2.05) is 0 Å². The third kappa shape index (κ3) is 2.71. The smallest absolute Gasteiger partial charge is 0.329 e. The van der Waals surface area contributed by atoms with Crippen LogP contribution in [-0.2, 0) is 6.18 Å². The second kappa shape index (κ2) is 4.69. The molecule has 0 aliphatic rings. The minimum absolute atomic E-state index is 0.130. The molecule has 0 spiro atoms. The van der Waals surface area contributed by atoms with Crippen molar-refractivity contribution < 1.29 is 27.7 Å². The van der Waals surface area contributed by atoms with Gasteiger partial charge in [0.05, 0.1) is 0 Å². The number of nitrogens with zero attached hydrogens (tertiary/aromatic N) is 2. The fourth-order valence-electron chi connectivity index (χ4n) is 1.29. The van der Waals surface area contributed by atoms with E-state index in [4.69, 9.17) is 5.21 Å². The van der Waals surface area contributed by atoms with Gasteiger partial charge in [0.2, 0.25) is 5.82 Å². The van der Waals surface area contributed by atoms with Gasteiger partial charge in [0.1, 0.15) is 0 Å². The molecule has 2 N–H and O–H groups in total. The molecule has 0 fully saturated rings. The molecule has 1 heterocycles. The molecule has 1 aromatic heterocycles. The molecular formula is C10H6F3N3O3. The van der Waals surface area contributed by atoms with E-state index >= 15 is 0 Å². The van der Waals surface area contributed by atoms with Crippen molar-refractivity contribution in [1.29, 1.82) is 0 Å². The molecule has 19 heavy (non-hydrogen) atoms. The second-order valence-corrected chi connectivity index (χ2v) is 3.44. The van der Waals surface area contributed by atoms with E-state index in [0.29, 0.717) is 0 Å². The maximum absolute atomic E-state index is 12.3. The average Bonchev–Trinajstić information content (AvgIpc) is 2.87. The lowest BCUT2D eigenvalue weighted by Crippen LogP contribution is -2.18. The average molecular weight is 273 g/mol. The summed E-state index contributed by atoms with van der Waals surface area (Å²) in [7, 11) is 0. The fourth-order valence-corrected chi connectivity index (χ4v) is 1.29. The Kier molecular flexibility index (Phi) is 3.21. The normalized spacial score (nSPS) is 11.4. The summed E-state index contributed by atoms with van der Waals surface area (Å²) in [5.74, 6) is -2.43. The summed E-state index contributed by atoms with van der Waals surface area (Å²) < 4.78 is 40.8. The third-order valence-corrected chi connectivity index (χ3v) is 2.18. The highest BCUT2D eigenvalue weighted by molar-refractivity contribution is 5.93. The van der Waals surface area contributed by atoms with Crippen molar-refractivity contribution in [2.75, 3.05) is 0 Å². The Morgan fingerprint density at radius 2 is 1.89 bits per heavy atom. The van der Waals surface area contributed by atoms with Crippen LogP contribution in [0.2, 0.25) is 0 Å². The van der Waals surface area contributed by atoms with Crippen LogP contribution < -0.4 is 5.48 Å². The number of nitrogens with one attached hydrogen (secondary N) is 1. The van der Waals surface area contributed by atoms with Crippen molar-refractivity contribution in [3.63, 3.8) is 0 Å². The maximum Gasteiger partial charge on any atom is 0.471 e. The van der Waals surface area contributed by atoms with E-state index in [1.54, 1.807) is 0 Å². The van der Waals surface area contributed by atoms with E-state index in [9.17, 15) is 18.0 Å². The van der Waals surface area contributed by atoms with E-state index in [0.717, 1.165) is 0 Å². The topological polar surface area (TPSA) is 88.2 Å². The first-order valence-electron chi connectivity index (χ1n) is 4.87. The number of aromatic nitrogens is 2. The maximum atomic E-state index is 12.3. The van der Waals surface area contributed by atoms with Gasteiger partial charge < -0.3 is 4.52 Å². The predicted octanol–water partition coefficient (Wildman–Crippen LogP) is 1.87. The van der Waals surface area contributed by atoms with Crippen LogP contribution in [-0.4, -0.2) is 21.3 Å². The number of halogens is 3. The molecule has 0 aliphatic heterocycles. The van der Waals surface area contributed by atoms with E-state index in [2.05, 4.69) is 14.7 Å². The highest BCUT2D eigenvalue weighted by atomic mass is 19.4. The summed E-state index contributed by atoms with van der Waals surface area (Å²) in [5, 5.41) is 11.6. The molecule has 0 bridgehead atoms. The molecule has 2 aromatic rings. The van der Waals surface area contributed by atoms with Crippen molar-refractivity contribution in [3.8, 4) is 11.4 Å². The Morgan fingerprint density at radius 3 is 2.37 bits per heavy atom. The van der Waals surface area contributed by atoms with Crippen molar-refractivity contribution in [1.82, 2.24) is 15.6 Å². The lowest BCUT2D eigenvalue weighted by molar-refractivity contribution is -0.159. The molecule has 9 heteroatoms. The van der Waals surface area contributed by atoms with Gasteiger partial charge in [0.15, 0.2) is 0 Å². The summed E-state index contributed by atoms with van der Waals surface area (Å²) in [6.07, 6.45) is -4.71. The number of hydroxylamine groups is 1. The Balaban J connectivity index is 2.28. The minimum atomic E-state index is -4.71. The first-order valence-corrected chi connectivity index (χ1v) is 4.87. The number of benzene rings is 1. The molecule has 2 rings (SSSR count). The van der Waals surface area contributed by atoms with Crippen LogP contribution in [0.25, 0.3) is 11.4 Å². The van der Waals surface area contributed by atoms with Crippen molar-refractivity contribution in [3.05, 3.63) is 35.7 Å². The SMILES string of the molecule is O=C(NO)c1ccc(-c2noc(C(F)(F)F)n2)cc1. The molecule has 0 aliphatic carbocycles. The zero-order valence-electron chi connectivity index (χ0n) is 9.10. The molecule has 100 valence electrons. The summed E-state index contributed by atoms with van der Waals surface area (Å²) in [4.78, 5) is 14.2. The summed E-state index contributed by atoms with van der Waals surface area (Å²) in [6.45, 7) is 0. The molecule has 0 unspecified atom stereocenters. The number of hydrogen-bond donors (Lipinski definition) is 2. The van der Waals surface area contributed by atoms with Crippen LogP contribution in [0, 0.1) is 0 Å². The van der Waals surface area contributed by atoms with Gasteiger partial charge in [0.25, 0.3) is 5.91 Å². The van der Waals surface area contributed by atoms with Gasteiger partial charge in [-0.1, -0.05) is 17.3 Å². The van der Waals surface area contributed by atoms with Gasteiger partial charge in [0, 0.05) is 11.1 Å².